The van der Waals surface area contributed by atoms with Crippen molar-refractivity contribution in [2.45, 2.75) is 37.9 Å². The Bertz CT molecular complexity index is 529. The predicted octanol–water partition coefficient (Wildman–Crippen LogP) is 1.61. The molecule has 6 heteroatoms. The Balaban J connectivity index is 1.38. The maximum Gasteiger partial charge on any atom is 0.226 e. The second kappa shape index (κ2) is 5.34. The normalized spacial score (nSPS) is 27.8. The van der Waals surface area contributed by atoms with Crippen molar-refractivity contribution >= 4 is 17.2 Å². The van der Waals surface area contributed by atoms with Crippen LogP contribution in [0.25, 0.3) is 0 Å². The summed E-state index contributed by atoms with van der Waals surface area (Å²) in [5, 5.41) is 0. The van der Waals surface area contributed by atoms with Gasteiger partial charge in [-0.15, -0.1) is 11.3 Å². The molecule has 1 amide bonds. The Labute approximate surface area is 128 Å². The lowest BCUT2D eigenvalue weighted by Gasteiger charge is -2.39. The molecule has 0 bridgehead atoms. The molecule has 2 aliphatic heterocycles. The summed E-state index contributed by atoms with van der Waals surface area (Å²) in [5.74, 6) is 0.0492. The first-order valence-electron chi connectivity index (χ1n) is 7.74. The van der Waals surface area contributed by atoms with Crippen LogP contribution in [0.4, 0.5) is 0 Å². The fourth-order valence-electron chi connectivity index (χ4n) is 3.62. The summed E-state index contributed by atoms with van der Waals surface area (Å²) in [7, 11) is 0. The molecule has 2 fully saturated rings. The number of aromatic nitrogens is 1. The highest BCUT2D eigenvalue weighted by atomic mass is 32.1. The predicted molar refractivity (Wildman–Crippen MR) is 78.1 cm³/mol. The third-order valence-corrected chi connectivity index (χ3v) is 5.78. The zero-order valence-electron chi connectivity index (χ0n) is 12.0. The lowest BCUT2D eigenvalue weighted by Crippen LogP contribution is -2.49. The molecule has 114 valence electrons. The van der Waals surface area contributed by atoms with Gasteiger partial charge in [0.2, 0.25) is 5.91 Å². The van der Waals surface area contributed by atoms with Crippen LogP contribution in [0.3, 0.4) is 0 Å². The molecule has 1 aromatic rings. The Hall–Kier alpha value is -0.980. The van der Waals surface area contributed by atoms with Crippen LogP contribution in [0, 0.1) is 5.92 Å². The molecule has 0 saturated carbocycles. The van der Waals surface area contributed by atoms with Crippen molar-refractivity contribution in [3.05, 3.63) is 16.1 Å². The van der Waals surface area contributed by atoms with Crippen molar-refractivity contribution in [3.8, 4) is 0 Å². The second-order valence-corrected chi connectivity index (χ2v) is 7.03. The summed E-state index contributed by atoms with van der Waals surface area (Å²) in [4.78, 5) is 20.4. The van der Waals surface area contributed by atoms with E-state index < -0.39 is 5.79 Å². The lowest BCUT2D eigenvalue weighted by atomic mass is 9.89. The average Bonchev–Trinajstić information content (AvgIpc) is 3.16. The molecule has 0 aromatic carbocycles. The molecule has 1 spiro atoms. The molecule has 5 nitrogen and oxygen atoms in total. The number of amides is 1. The molecule has 0 N–H and O–H groups in total. The van der Waals surface area contributed by atoms with Gasteiger partial charge in [-0.25, -0.2) is 4.98 Å². The van der Waals surface area contributed by atoms with Crippen LogP contribution >= 0.6 is 11.3 Å². The first kappa shape index (κ1) is 13.7. The summed E-state index contributed by atoms with van der Waals surface area (Å²) in [6, 6.07) is 0. The Morgan fingerprint density at radius 1 is 1.33 bits per heavy atom. The van der Waals surface area contributed by atoms with Crippen molar-refractivity contribution in [3.63, 3.8) is 0 Å². The molecular weight excluding hydrogens is 288 g/mol. The van der Waals surface area contributed by atoms with Gasteiger partial charge < -0.3 is 14.4 Å². The number of nitrogens with zero attached hydrogens (tertiary/aromatic N) is 2. The number of aryl methyl sites for hydroxylation is 1. The van der Waals surface area contributed by atoms with Gasteiger partial charge in [-0.2, -0.15) is 0 Å². The zero-order chi connectivity index (χ0) is 14.3. The van der Waals surface area contributed by atoms with Crippen LogP contribution in [-0.4, -0.2) is 47.9 Å². The van der Waals surface area contributed by atoms with Gasteiger partial charge in [-0.3, -0.25) is 4.79 Å². The molecule has 3 aliphatic rings. The van der Waals surface area contributed by atoms with Gasteiger partial charge in [0.05, 0.1) is 24.4 Å². The first-order valence-corrected chi connectivity index (χ1v) is 8.62. The van der Waals surface area contributed by atoms with Crippen molar-refractivity contribution < 1.29 is 14.3 Å². The molecular formula is C15H20N2O3S. The van der Waals surface area contributed by atoms with Crippen molar-refractivity contribution in [2.75, 3.05) is 26.3 Å². The Morgan fingerprint density at radius 3 is 2.86 bits per heavy atom. The molecule has 0 radical (unpaired) electrons. The Kier molecular flexibility index (Phi) is 3.47. The molecule has 3 heterocycles. The molecule has 1 unspecified atom stereocenters. The number of rotatable bonds is 1. The minimum absolute atomic E-state index is 0.136. The topological polar surface area (TPSA) is 51.7 Å². The summed E-state index contributed by atoms with van der Waals surface area (Å²) >= 11 is 1.69. The van der Waals surface area contributed by atoms with Gasteiger partial charge in [0.1, 0.15) is 0 Å². The lowest BCUT2D eigenvalue weighted by molar-refractivity contribution is -0.188. The number of likely N-dealkylation sites (tertiary alicyclic amines) is 1. The van der Waals surface area contributed by atoms with Gasteiger partial charge in [0.15, 0.2) is 5.79 Å². The van der Waals surface area contributed by atoms with Crippen LogP contribution < -0.4 is 0 Å². The zero-order valence-corrected chi connectivity index (χ0v) is 12.9. The molecule has 4 rings (SSSR count). The number of hydrogen-bond donors (Lipinski definition) is 0. The van der Waals surface area contributed by atoms with Crippen LogP contribution in [0.15, 0.2) is 5.51 Å². The summed E-state index contributed by atoms with van der Waals surface area (Å²) in [6.07, 6.45) is 4.35. The van der Waals surface area contributed by atoms with Crippen LogP contribution in [-0.2, 0) is 27.1 Å². The smallest absolute Gasteiger partial charge is 0.226 e. The molecule has 21 heavy (non-hydrogen) atoms. The number of fused-ring (bicyclic) bond motifs is 1. The monoisotopic (exact) mass is 308 g/mol. The summed E-state index contributed by atoms with van der Waals surface area (Å²) in [6.45, 7) is 2.88. The fraction of sp³-hybridized carbons (Fsp3) is 0.733. The highest BCUT2D eigenvalue weighted by Crippen LogP contribution is 2.33. The van der Waals surface area contributed by atoms with Gasteiger partial charge in [-0.05, 0) is 19.3 Å². The van der Waals surface area contributed by atoms with E-state index in [2.05, 4.69) is 4.98 Å². The standard InChI is InChI=1S/C15H20N2O3S/c18-14(11-1-2-12-13(9-11)21-10-16-12)17-5-3-15(4-6-17)19-7-8-20-15/h10-11H,1-9H2. The number of carbonyl (C=O) groups is 1. The largest absolute Gasteiger partial charge is 0.347 e. The number of piperidine rings is 1. The quantitative estimate of drug-likeness (QED) is 0.791. The fourth-order valence-corrected chi connectivity index (χ4v) is 4.52. The van der Waals surface area contributed by atoms with Gasteiger partial charge in [0.25, 0.3) is 0 Å². The van der Waals surface area contributed by atoms with E-state index >= 15 is 0 Å². The van der Waals surface area contributed by atoms with Crippen LogP contribution in [0.5, 0.6) is 0 Å². The van der Waals surface area contributed by atoms with E-state index in [0.29, 0.717) is 19.1 Å². The van der Waals surface area contributed by atoms with Gasteiger partial charge in [-0.1, -0.05) is 0 Å². The van der Waals surface area contributed by atoms with Crippen LogP contribution in [0.1, 0.15) is 29.8 Å². The summed E-state index contributed by atoms with van der Waals surface area (Å²) in [5.41, 5.74) is 3.10. The molecule has 1 aliphatic carbocycles. The molecule has 1 atom stereocenters. The van der Waals surface area contributed by atoms with Gasteiger partial charge >= 0.3 is 0 Å². The third-order valence-electron chi connectivity index (χ3n) is 4.89. The van der Waals surface area contributed by atoms with E-state index in [-0.39, 0.29) is 5.92 Å². The van der Waals surface area contributed by atoms with Crippen molar-refractivity contribution in [1.82, 2.24) is 9.88 Å². The van der Waals surface area contributed by atoms with Crippen molar-refractivity contribution in [1.29, 1.82) is 0 Å². The van der Waals surface area contributed by atoms with E-state index in [4.69, 9.17) is 9.47 Å². The van der Waals surface area contributed by atoms with Gasteiger partial charge in [0, 0.05) is 36.7 Å². The SMILES string of the molecule is O=C(C1CCc2ncsc2C1)N1CCC2(CC1)OCCO2. The first-order chi connectivity index (χ1) is 10.3. The number of thiazole rings is 1. The van der Waals surface area contributed by atoms with Crippen molar-refractivity contribution in [2.24, 2.45) is 5.92 Å². The number of hydrogen-bond acceptors (Lipinski definition) is 5. The minimum atomic E-state index is -0.395. The minimum Gasteiger partial charge on any atom is -0.347 e. The Morgan fingerprint density at radius 2 is 2.10 bits per heavy atom. The highest BCUT2D eigenvalue weighted by molar-refractivity contribution is 7.09. The van der Waals surface area contributed by atoms with E-state index in [0.717, 1.165) is 45.2 Å². The summed E-state index contributed by atoms with van der Waals surface area (Å²) < 4.78 is 11.4. The maximum atomic E-state index is 12.7. The van der Waals surface area contributed by atoms with E-state index in [1.807, 2.05) is 10.4 Å². The van der Waals surface area contributed by atoms with Crippen LogP contribution in [0.2, 0.25) is 0 Å². The van der Waals surface area contributed by atoms with E-state index in [1.54, 1.807) is 11.3 Å². The second-order valence-electron chi connectivity index (χ2n) is 6.09. The molecule has 1 aromatic heterocycles. The third kappa shape index (κ3) is 2.49. The average molecular weight is 308 g/mol. The highest BCUT2D eigenvalue weighted by Gasteiger charge is 2.42. The number of ether oxygens (including phenoxy) is 2. The van der Waals surface area contributed by atoms with E-state index in [1.165, 1.54) is 10.6 Å². The molecule has 2 saturated heterocycles. The maximum absolute atomic E-state index is 12.7. The number of carbonyl (C=O) groups excluding carboxylic acids is 1. The van der Waals surface area contributed by atoms with E-state index in [9.17, 15) is 4.79 Å².